The number of aromatic nitrogens is 1. The van der Waals surface area contributed by atoms with Crippen molar-refractivity contribution in [2.24, 2.45) is 4.99 Å². The molecule has 0 spiro atoms. The summed E-state index contributed by atoms with van der Waals surface area (Å²) in [6.07, 6.45) is -2.37. The van der Waals surface area contributed by atoms with Crippen molar-refractivity contribution in [3.63, 3.8) is 0 Å². The summed E-state index contributed by atoms with van der Waals surface area (Å²) in [5.41, 5.74) is -0.162. The molecule has 0 aliphatic heterocycles. The molecule has 0 atom stereocenters. The summed E-state index contributed by atoms with van der Waals surface area (Å²) >= 11 is 3.41. The van der Waals surface area contributed by atoms with E-state index in [0.717, 1.165) is 9.87 Å². The summed E-state index contributed by atoms with van der Waals surface area (Å²) in [6.45, 7) is 16.1. The highest BCUT2D eigenvalue weighted by atomic mass is 79.9. The lowest BCUT2D eigenvalue weighted by molar-refractivity contribution is 0.00537. The molecule has 0 fully saturated rings. The van der Waals surface area contributed by atoms with E-state index in [4.69, 9.17) is 14.0 Å². The number of amides is 2. The Morgan fingerprint density at radius 1 is 1.05 bits per heavy atom. The van der Waals surface area contributed by atoms with Crippen LogP contribution >= 0.6 is 15.9 Å². The molecule has 0 radical (unpaired) electrons. The second-order valence-corrected chi connectivity index (χ2v) is 14.2. The number of carbonyl (C=O) groups is 2. The smallest absolute Gasteiger partial charge is 0.425 e. The van der Waals surface area contributed by atoms with Gasteiger partial charge < -0.3 is 14.0 Å². The number of alkyl halides is 1. The molecule has 0 N–H and O–H groups in total. The van der Waals surface area contributed by atoms with Gasteiger partial charge in [-0.15, -0.1) is 0 Å². The molecule has 220 valence electrons. The molecule has 0 aliphatic carbocycles. The number of rotatable bonds is 8. The molecule has 2 rings (SSSR count). The Kier molecular flexibility index (Phi) is 10.4. The van der Waals surface area contributed by atoms with Crippen LogP contribution in [0.4, 0.5) is 9.59 Å². The van der Waals surface area contributed by atoms with Crippen molar-refractivity contribution in [1.82, 2.24) is 14.4 Å². The van der Waals surface area contributed by atoms with Crippen LogP contribution in [0.5, 0.6) is 0 Å². The highest BCUT2D eigenvalue weighted by Gasteiger charge is 2.41. The van der Waals surface area contributed by atoms with Crippen LogP contribution in [0, 0.1) is 0 Å². The van der Waals surface area contributed by atoms with Crippen molar-refractivity contribution in [2.75, 3.05) is 7.05 Å². The summed E-state index contributed by atoms with van der Waals surface area (Å²) in [5.74, 6) is -0.544. The molecule has 0 saturated carbocycles. The molecule has 11 nitrogen and oxygen atoms in total. The molecule has 13 heteroatoms. The molecule has 0 unspecified atom stereocenters. The maximum atomic E-state index is 13.5. The van der Waals surface area contributed by atoms with Crippen LogP contribution in [0.15, 0.2) is 45.7 Å². The largest absolute Gasteiger partial charge is 0.443 e. The van der Waals surface area contributed by atoms with Gasteiger partial charge in [-0.2, -0.15) is 4.90 Å². The third-order valence-electron chi connectivity index (χ3n) is 5.16. The number of imide groups is 1. The quantitative estimate of drug-likeness (QED) is 0.239. The Hall–Kier alpha value is -3.19. The number of ether oxygens (including phenoxy) is 2. The molecule has 40 heavy (non-hydrogen) atoms. The van der Waals surface area contributed by atoms with Gasteiger partial charge in [0.05, 0.1) is 5.25 Å². The fraction of sp³-hybridized carbons (Fsp3) is 0.481. The lowest BCUT2D eigenvalue weighted by Crippen LogP contribution is -2.49. The molecule has 1 aromatic heterocycles. The lowest BCUT2D eigenvalue weighted by atomic mass is 10.1. The van der Waals surface area contributed by atoms with Crippen LogP contribution in [0.25, 0.3) is 17.0 Å². The number of hydrogen-bond acceptors (Lipinski definition) is 9. The molecule has 0 bridgehead atoms. The number of benzene rings is 1. The van der Waals surface area contributed by atoms with E-state index in [0.29, 0.717) is 21.5 Å². The van der Waals surface area contributed by atoms with Crippen LogP contribution in [0.1, 0.15) is 66.7 Å². The predicted octanol–water partition coefficient (Wildman–Crippen LogP) is 6.41. The summed E-state index contributed by atoms with van der Waals surface area (Å²) in [6, 6.07) is 9.00. The van der Waals surface area contributed by atoms with Crippen molar-refractivity contribution in [3.8, 4) is 11.3 Å². The Labute approximate surface area is 244 Å². The van der Waals surface area contributed by atoms with E-state index in [2.05, 4.69) is 32.8 Å². The number of halogens is 1. The van der Waals surface area contributed by atoms with Gasteiger partial charge in [0.15, 0.2) is 17.3 Å². The Balaban J connectivity index is 2.88. The highest BCUT2D eigenvalue weighted by Crippen LogP contribution is 2.32. The molecule has 2 amide bonds. The minimum absolute atomic E-state index is 0.0486. The van der Waals surface area contributed by atoms with Gasteiger partial charge in [0, 0.05) is 24.0 Å². The first-order valence-electron chi connectivity index (χ1n) is 12.4. The standard InChI is InChI=1S/C27H37BrN4O7S/c1-17(2)40(35,36)31(10)23(32(24(33)37-26(3,4)5)25(34)38-27(6,7)8)22(29-9)21-15-20(30-39-21)19-13-11-18(16-28)12-14-19/h11-15,17H,9,16H2,1-8,10H3/b23-22+. The molecule has 0 aliphatic rings. The van der Waals surface area contributed by atoms with Crippen LogP contribution < -0.4 is 0 Å². The van der Waals surface area contributed by atoms with Crippen LogP contribution in [-0.4, -0.2) is 65.2 Å². The van der Waals surface area contributed by atoms with E-state index in [1.807, 2.05) is 24.3 Å². The van der Waals surface area contributed by atoms with Gasteiger partial charge in [-0.25, -0.2) is 18.0 Å². The second kappa shape index (κ2) is 12.5. The normalized spacial score (nSPS) is 13.0. The third kappa shape index (κ3) is 8.17. The monoisotopic (exact) mass is 640 g/mol. The molecule has 2 aromatic rings. The first kappa shape index (κ1) is 33.0. The Morgan fingerprint density at radius 2 is 1.55 bits per heavy atom. The van der Waals surface area contributed by atoms with Gasteiger partial charge in [-0.3, -0.25) is 9.30 Å². The van der Waals surface area contributed by atoms with Crippen molar-refractivity contribution < 1.29 is 32.0 Å². The third-order valence-corrected chi connectivity index (χ3v) is 7.93. The maximum Gasteiger partial charge on any atom is 0.425 e. The molecular weight excluding hydrogens is 604 g/mol. The zero-order valence-corrected chi connectivity index (χ0v) is 26.7. The van der Waals surface area contributed by atoms with Crippen molar-refractivity contribution in [2.45, 2.75) is 77.2 Å². The summed E-state index contributed by atoms with van der Waals surface area (Å²) in [7, 11) is -2.94. The van der Waals surface area contributed by atoms with E-state index >= 15 is 0 Å². The molecule has 0 saturated heterocycles. The number of carbonyl (C=O) groups excluding carboxylic acids is 2. The van der Waals surface area contributed by atoms with Crippen LogP contribution in [0.2, 0.25) is 0 Å². The fourth-order valence-corrected chi connectivity index (χ4v) is 4.66. The van der Waals surface area contributed by atoms with Crippen molar-refractivity contribution >= 4 is 50.6 Å². The van der Waals surface area contributed by atoms with Gasteiger partial charge >= 0.3 is 12.2 Å². The first-order valence-corrected chi connectivity index (χ1v) is 15.0. The Morgan fingerprint density at radius 3 is 1.95 bits per heavy atom. The van der Waals surface area contributed by atoms with Crippen LogP contribution in [0.3, 0.4) is 0 Å². The number of nitrogens with zero attached hydrogens (tertiary/aromatic N) is 4. The van der Waals surface area contributed by atoms with E-state index in [9.17, 15) is 18.0 Å². The molecule has 1 aromatic carbocycles. The van der Waals surface area contributed by atoms with E-state index in [1.165, 1.54) is 27.0 Å². The fourth-order valence-electron chi connectivity index (χ4n) is 3.24. The van der Waals surface area contributed by atoms with E-state index < -0.39 is 44.5 Å². The van der Waals surface area contributed by atoms with E-state index in [-0.39, 0.29) is 11.5 Å². The van der Waals surface area contributed by atoms with Gasteiger partial charge in [-0.05, 0) is 67.7 Å². The molecule has 1 heterocycles. The van der Waals surface area contributed by atoms with Gasteiger partial charge in [0.25, 0.3) is 0 Å². The van der Waals surface area contributed by atoms with Gasteiger partial charge in [-0.1, -0.05) is 45.4 Å². The predicted molar refractivity (Wildman–Crippen MR) is 157 cm³/mol. The first-order chi connectivity index (χ1) is 18.3. The molecular formula is C27H37BrN4O7S. The topological polar surface area (TPSA) is 132 Å². The average Bonchev–Trinajstić information content (AvgIpc) is 3.31. The second-order valence-electron chi connectivity index (χ2n) is 11.1. The highest BCUT2D eigenvalue weighted by molar-refractivity contribution is 9.08. The summed E-state index contributed by atoms with van der Waals surface area (Å²) in [4.78, 5) is 31.5. The summed E-state index contributed by atoms with van der Waals surface area (Å²) < 4.78 is 44.0. The van der Waals surface area contributed by atoms with Gasteiger partial charge in [0.1, 0.15) is 16.9 Å². The number of aliphatic imine (C=N–C) groups is 1. The van der Waals surface area contributed by atoms with Crippen molar-refractivity contribution in [3.05, 3.63) is 47.5 Å². The zero-order valence-electron chi connectivity index (χ0n) is 24.3. The number of sulfonamides is 1. The van der Waals surface area contributed by atoms with E-state index in [1.54, 1.807) is 41.5 Å². The lowest BCUT2D eigenvalue weighted by Gasteiger charge is -2.34. The van der Waals surface area contributed by atoms with Gasteiger partial charge in [0.2, 0.25) is 10.0 Å². The zero-order chi connectivity index (χ0) is 30.6. The maximum absolute atomic E-state index is 13.5. The van der Waals surface area contributed by atoms with Crippen molar-refractivity contribution in [1.29, 1.82) is 0 Å². The van der Waals surface area contributed by atoms with Crippen LogP contribution in [-0.2, 0) is 24.8 Å². The average molecular weight is 642 g/mol. The summed E-state index contributed by atoms with van der Waals surface area (Å²) in [5, 5.41) is 3.83. The minimum Gasteiger partial charge on any atom is -0.443 e. The SMILES string of the molecule is C=N/C(=C(/N(C(=O)OC(C)(C)C)C(=O)OC(C)(C)C)N(C)S(=O)(=O)C(C)C)c1cc(-c2ccc(CBr)cc2)no1. The Bertz CT molecular complexity index is 1340. The minimum atomic E-state index is -4.13. The number of hydrogen-bond donors (Lipinski definition) is 0.